The van der Waals surface area contributed by atoms with Crippen molar-refractivity contribution in [1.82, 2.24) is 4.90 Å². The molecular formula is C11H25N3. The number of amidine groups is 1. The van der Waals surface area contributed by atoms with E-state index in [2.05, 4.69) is 18.9 Å². The van der Waals surface area contributed by atoms with Crippen LogP contribution < -0.4 is 5.73 Å². The van der Waals surface area contributed by atoms with E-state index in [1.165, 1.54) is 25.8 Å². The summed E-state index contributed by atoms with van der Waals surface area (Å²) in [6.45, 7) is 4.57. The maximum absolute atomic E-state index is 7.08. The quantitative estimate of drug-likeness (QED) is 0.340. The summed E-state index contributed by atoms with van der Waals surface area (Å²) in [5.74, 6) is 0.318. The van der Waals surface area contributed by atoms with Gasteiger partial charge in [-0.2, -0.15) is 0 Å². The zero-order valence-electron chi connectivity index (χ0n) is 9.68. The van der Waals surface area contributed by atoms with Gasteiger partial charge >= 0.3 is 0 Å². The zero-order chi connectivity index (χ0) is 10.8. The number of rotatable bonds is 9. The number of unbranched alkanes of at least 4 members (excludes halogenated alkanes) is 3. The molecule has 3 heteroatoms. The van der Waals surface area contributed by atoms with E-state index in [0.29, 0.717) is 5.84 Å². The number of nitrogens with one attached hydrogen (secondary N) is 1. The van der Waals surface area contributed by atoms with Crippen LogP contribution in [0.4, 0.5) is 0 Å². The summed E-state index contributed by atoms with van der Waals surface area (Å²) in [6, 6.07) is 0. The molecule has 0 saturated heterocycles. The van der Waals surface area contributed by atoms with Crippen LogP contribution in [-0.2, 0) is 0 Å². The molecule has 0 atom stereocenters. The first-order valence-electron chi connectivity index (χ1n) is 5.68. The maximum Gasteiger partial charge on any atom is 0.0905 e. The van der Waals surface area contributed by atoms with Gasteiger partial charge in [-0.15, -0.1) is 0 Å². The molecule has 84 valence electrons. The molecule has 3 nitrogen and oxygen atoms in total. The van der Waals surface area contributed by atoms with E-state index >= 15 is 0 Å². The van der Waals surface area contributed by atoms with Crippen molar-refractivity contribution in [2.24, 2.45) is 5.73 Å². The van der Waals surface area contributed by atoms with Gasteiger partial charge in [0.25, 0.3) is 0 Å². The highest BCUT2D eigenvalue weighted by atomic mass is 15.1. The molecule has 0 aliphatic rings. The SMILES string of the molecule is CCCCCN(C)CCCCC(=N)N. The van der Waals surface area contributed by atoms with Crippen molar-refractivity contribution in [3.63, 3.8) is 0 Å². The molecule has 0 amide bonds. The molecule has 0 aliphatic heterocycles. The van der Waals surface area contributed by atoms with Crippen LogP contribution in [0.2, 0.25) is 0 Å². The highest BCUT2D eigenvalue weighted by Gasteiger charge is 1.97. The van der Waals surface area contributed by atoms with E-state index in [1.807, 2.05) is 0 Å². The molecule has 0 unspecified atom stereocenters. The van der Waals surface area contributed by atoms with Gasteiger partial charge in [-0.1, -0.05) is 19.8 Å². The Morgan fingerprint density at radius 2 is 1.71 bits per heavy atom. The summed E-state index contributed by atoms with van der Waals surface area (Å²) in [5.41, 5.74) is 5.28. The predicted molar refractivity (Wildman–Crippen MR) is 62.8 cm³/mol. The fraction of sp³-hybridized carbons (Fsp3) is 0.909. The Bertz CT molecular complexity index is 145. The highest BCUT2D eigenvalue weighted by molar-refractivity contribution is 5.76. The Labute approximate surface area is 88.2 Å². The summed E-state index contributed by atoms with van der Waals surface area (Å²) in [4.78, 5) is 2.37. The molecule has 0 aromatic heterocycles. The highest BCUT2D eigenvalue weighted by Crippen LogP contribution is 2.00. The van der Waals surface area contributed by atoms with Crippen LogP contribution in [0.3, 0.4) is 0 Å². The van der Waals surface area contributed by atoms with Gasteiger partial charge in [-0.25, -0.2) is 0 Å². The van der Waals surface area contributed by atoms with Crippen molar-refractivity contribution in [3.8, 4) is 0 Å². The minimum atomic E-state index is 0.318. The summed E-state index contributed by atoms with van der Waals surface area (Å²) in [5, 5.41) is 7.08. The molecule has 0 saturated carbocycles. The first kappa shape index (κ1) is 13.4. The zero-order valence-corrected chi connectivity index (χ0v) is 9.68. The molecule has 0 aromatic rings. The second-order valence-corrected chi connectivity index (χ2v) is 3.99. The molecule has 3 N–H and O–H groups in total. The molecule has 0 fully saturated rings. The lowest BCUT2D eigenvalue weighted by molar-refractivity contribution is 0.318. The van der Waals surface area contributed by atoms with Crippen molar-refractivity contribution in [1.29, 1.82) is 5.41 Å². The van der Waals surface area contributed by atoms with E-state index in [1.54, 1.807) is 0 Å². The molecule has 0 rings (SSSR count). The number of nitrogens with two attached hydrogens (primary N) is 1. The monoisotopic (exact) mass is 199 g/mol. The van der Waals surface area contributed by atoms with Crippen molar-refractivity contribution >= 4 is 5.84 Å². The van der Waals surface area contributed by atoms with Crippen LogP contribution in [-0.4, -0.2) is 30.9 Å². The van der Waals surface area contributed by atoms with Crippen LogP contribution in [0.1, 0.15) is 45.4 Å². The van der Waals surface area contributed by atoms with Crippen LogP contribution in [0.15, 0.2) is 0 Å². The standard InChI is InChI=1S/C11H25N3/c1-3-4-6-9-14(2)10-7-5-8-11(12)13/h3-10H2,1-2H3,(H3,12,13). The predicted octanol–water partition coefficient (Wildman–Crippen LogP) is 2.21. The van der Waals surface area contributed by atoms with E-state index < -0.39 is 0 Å². The first-order valence-corrected chi connectivity index (χ1v) is 5.68. The lowest BCUT2D eigenvalue weighted by atomic mass is 10.2. The Kier molecular flexibility index (Phi) is 8.64. The van der Waals surface area contributed by atoms with Crippen molar-refractivity contribution < 1.29 is 0 Å². The minimum absolute atomic E-state index is 0.318. The Morgan fingerprint density at radius 3 is 2.21 bits per heavy atom. The topological polar surface area (TPSA) is 53.1 Å². The molecule has 0 spiro atoms. The van der Waals surface area contributed by atoms with Gasteiger partial charge in [0.1, 0.15) is 0 Å². The van der Waals surface area contributed by atoms with Gasteiger partial charge in [0.2, 0.25) is 0 Å². The second-order valence-electron chi connectivity index (χ2n) is 3.99. The van der Waals surface area contributed by atoms with Gasteiger partial charge in [0.05, 0.1) is 5.84 Å². The van der Waals surface area contributed by atoms with Gasteiger partial charge in [-0.05, 0) is 39.4 Å². The largest absolute Gasteiger partial charge is 0.388 e. The molecule has 0 aromatic carbocycles. The van der Waals surface area contributed by atoms with Gasteiger partial charge in [0.15, 0.2) is 0 Å². The smallest absolute Gasteiger partial charge is 0.0905 e. The van der Waals surface area contributed by atoms with Crippen LogP contribution in [0.5, 0.6) is 0 Å². The fourth-order valence-corrected chi connectivity index (χ4v) is 1.44. The molecule has 14 heavy (non-hydrogen) atoms. The Hall–Kier alpha value is -0.570. The van der Waals surface area contributed by atoms with Crippen molar-refractivity contribution in [2.45, 2.75) is 45.4 Å². The van der Waals surface area contributed by atoms with E-state index in [4.69, 9.17) is 11.1 Å². The summed E-state index contributed by atoms with van der Waals surface area (Å²) in [7, 11) is 2.17. The fourth-order valence-electron chi connectivity index (χ4n) is 1.44. The molecule has 0 heterocycles. The summed E-state index contributed by atoms with van der Waals surface area (Å²) >= 11 is 0. The Balaban J connectivity index is 3.18. The molecule has 0 aliphatic carbocycles. The van der Waals surface area contributed by atoms with Crippen LogP contribution in [0, 0.1) is 5.41 Å². The number of nitrogens with zero attached hydrogens (tertiary/aromatic N) is 1. The second kappa shape index (κ2) is 9.00. The first-order chi connectivity index (χ1) is 6.66. The average Bonchev–Trinajstić information content (AvgIpc) is 2.13. The van der Waals surface area contributed by atoms with Gasteiger partial charge < -0.3 is 10.6 Å². The molecular weight excluding hydrogens is 174 g/mol. The summed E-state index contributed by atoms with van der Waals surface area (Å²) < 4.78 is 0. The summed E-state index contributed by atoms with van der Waals surface area (Å²) in [6.07, 6.45) is 6.88. The maximum atomic E-state index is 7.08. The third-order valence-electron chi connectivity index (χ3n) is 2.38. The lowest BCUT2D eigenvalue weighted by Crippen LogP contribution is -2.21. The molecule has 0 radical (unpaired) electrons. The lowest BCUT2D eigenvalue weighted by Gasteiger charge is -2.15. The Morgan fingerprint density at radius 1 is 1.14 bits per heavy atom. The van der Waals surface area contributed by atoms with Gasteiger partial charge in [0, 0.05) is 6.42 Å². The number of hydrogen-bond acceptors (Lipinski definition) is 2. The normalized spacial score (nSPS) is 10.8. The minimum Gasteiger partial charge on any atom is -0.388 e. The van der Waals surface area contributed by atoms with E-state index in [9.17, 15) is 0 Å². The van der Waals surface area contributed by atoms with E-state index in [0.717, 1.165) is 25.8 Å². The average molecular weight is 199 g/mol. The van der Waals surface area contributed by atoms with E-state index in [-0.39, 0.29) is 0 Å². The molecule has 0 bridgehead atoms. The number of hydrogen-bond donors (Lipinski definition) is 2. The van der Waals surface area contributed by atoms with Crippen LogP contribution >= 0.6 is 0 Å². The third kappa shape index (κ3) is 9.52. The van der Waals surface area contributed by atoms with Crippen molar-refractivity contribution in [3.05, 3.63) is 0 Å². The third-order valence-corrected chi connectivity index (χ3v) is 2.38. The van der Waals surface area contributed by atoms with Crippen LogP contribution in [0.25, 0.3) is 0 Å². The van der Waals surface area contributed by atoms with Crippen molar-refractivity contribution in [2.75, 3.05) is 20.1 Å². The van der Waals surface area contributed by atoms with Gasteiger partial charge in [-0.3, -0.25) is 5.41 Å².